The summed E-state index contributed by atoms with van der Waals surface area (Å²) in [6.07, 6.45) is 1.61. The first kappa shape index (κ1) is 13.2. The van der Waals surface area contributed by atoms with Gasteiger partial charge in [-0.2, -0.15) is 0 Å². The van der Waals surface area contributed by atoms with E-state index >= 15 is 0 Å². The maximum absolute atomic E-state index is 5.94. The molecule has 6 heteroatoms. The summed E-state index contributed by atoms with van der Waals surface area (Å²) in [4.78, 5) is 9.33. The molecule has 2 heterocycles. The number of aromatic nitrogens is 3. The highest BCUT2D eigenvalue weighted by atomic mass is 35.5. The monoisotopic (exact) mass is 282 g/mol. The summed E-state index contributed by atoms with van der Waals surface area (Å²) in [6.45, 7) is 6.71. The lowest BCUT2D eigenvalue weighted by molar-refractivity contribution is 0.521. The first-order chi connectivity index (χ1) is 8.29. The second-order valence-electron chi connectivity index (χ2n) is 5.23. The number of nitrogens with two attached hydrogens (primary N) is 1. The Hall–Kier alpha value is -1.20. The molecule has 0 atom stereocenters. The molecule has 0 radical (unpaired) electrons. The first-order valence-electron chi connectivity index (χ1n) is 5.59. The minimum absolute atomic E-state index is 0.113. The van der Waals surface area contributed by atoms with Gasteiger partial charge in [-0.25, -0.2) is 9.97 Å². The Labute approximate surface area is 116 Å². The van der Waals surface area contributed by atoms with Gasteiger partial charge in [-0.05, 0) is 6.07 Å². The number of halogens is 1. The second kappa shape index (κ2) is 4.48. The van der Waals surface area contributed by atoms with Crippen LogP contribution < -0.4 is 5.73 Å². The van der Waals surface area contributed by atoms with Crippen LogP contribution in [0.15, 0.2) is 12.3 Å². The lowest BCUT2D eigenvalue weighted by Gasteiger charge is -2.19. The van der Waals surface area contributed by atoms with Crippen molar-refractivity contribution in [3.8, 4) is 0 Å². The fourth-order valence-electron chi connectivity index (χ4n) is 1.86. The topological polar surface area (TPSA) is 56.7 Å². The third-order valence-electron chi connectivity index (χ3n) is 2.54. The largest absolute Gasteiger partial charge is 0.392 e. The van der Waals surface area contributed by atoms with Crippen LogP contribution in [0.2, 0.25) is 5.02 Å². The van der Waals surface area contributed by atoms with Crippen molar-refractivity contribution in [2.75, 3.05) is 0 Å². The summed E-state index contributed by atoms with van der Waals surface area (Å²) < 4.78 is 1.95. The lowest BCUT2D eigenvalue weighted by Crippen LogP contribution is -2.24. The molecule has 0 aromatic carbocycles. The molecule has 0 aliphatic carbocycles. The molecular weight excluding hydrogens is 268 g/mol. The lowest BCUT2D eigenvalue weighted by atomic mass is 9.96. The molecule has 96 valence electrons. The molecule has 4 nitrogen and oxygen atoms in total. The van der Waals surface area contributed by atoms with Crippen molar-refractivity contribution in [1.82, 2.24) is 14.5 Å². The van der Waals surface area contributed by atoms with Crippen molar-refractivity contribution < 1.29 is 0 Å². The van der Waals surface area contributed by atoms with E-state index in [0.29, 0.717) is 16.6 Å². The van der Waals surface area contributed by atoms with Gasteiger partial charge in [0.2, 0.25) is 0 Å². The molecule has 0 unspecified atom stereocenters. The Morgan fingerprint density at radius 3 is 2.72 bits per heavy atom. The number of imidazole rings is 1. The highest BCUT2D eigenvalue weighted by Gasteiger charge is 2.23. The van der Waals surface area contributed by atoms with E-state index in [0.717, 1.165) is 17.0 Å². The number of fused-ring (bicyclic) bond motifs is 1. The van der Waals surface area contributed by atoms with Crippen LogP contribution in [0.1, 0.15) is 26.6 Å². The number of hydrogen-bond acceptors (Lipinski definition) is 3. The highest BCUT2D eigenvalue weighted by molar-refractivity contribution is 7.80. The molecule has 2 rings (SSSR count). The van der Waals surface area contributed by atoms with E-state index in [2.05, 4.69) is 30.7 Å². The molecule has 0 bridgehead atoms. The van der Waals surface area contributed by atoms with Crippen molar-refractivity contribution in [3.05, 3.63) is 23.1 Å². The minimum Gasteiger partial charge on any atom is -0.392 e. The van der Waals surface area contributed by atoms with E-state index in [4.69, 9.17) is 29.6 Å². The molecule has 0 aliphatic rings. The standard InChI is InChI=1S/C12H15ClN4S/c1-12(2,3)11-16-8-4-7(13)5-15-10(8)17(11)6-9(14)18/h4-5H,6H2,1-3H3,(H2,14,18). The maximum atomic E-state index is 5.94. The smallest absolute Gasteiger partial charge is 0.160 e. The molecule has 0 fully saturated rings. The van der Waals surface area contributed by atoms with Gasteiger partial charge in [0, 0.05) is 11.6 Å². The molecule has 2 aromatic heterocycles. The Bertz CT molecular complexity index is 612. The van der Waals surface area contributed by atoms with Crippen LogP contribution in [0.25, 0.3) is 11.2 Å². The van der Waals surface area contributed by atoms with Crippen LogP contribution in [0, 0.1) is 0 Å². The normalized spacial score (nSPS) is 12.0. The molecule has 0 spiro atoms. The molecule has 0 amide bonds. The van der Waals surface area contributed by atoms with Gasteiger partial charge in [0.1, 0.15) is 11.3 Å². The van der Waals surface area contributed by atoms with Crippen LogP contribution in [0.4, 0.5) is 0 Å². The van der Waals surface area contributed by atoms with Gasteiger partial charge in [0.15, 0.2) is 5.65 Å². The van der Waals surface area contributed by atoms with Gasteiger partial charge in [-0.1, -0.05) is 44.6 Å². The Balaban J connectivity index is 2.72. The molecule has 0 aliphatic heterocycles. The molecule has 18 heavy (non-hydrogen) atoms. The van der Waals surface area contributed by atoms with Crippen molar-refractivity contribution in [2.45, 2.75) is 32.7 Å². The number of nitrogens with zero attached hydrogens (tertiary/aromatic N) is 3. The Morgan fingerprint density at radius 1 is 1.50 bits per heavy atom. The third kappa shape index (κ3) is 2.47. The fourth-order valence-corrected chi connectivity index (χ4v) is 2.15. The summed E-state index contributed by atoms with van der Waals surface area (Å²) in [7, 11) is 0. The van der Waals surface area contributed by atoms with E-state index in [1.807, 2.05) is 4.57 Å². The SMILES string of the molecule is CC(C)(C)c1nc2cc(Cl)cnc2n1CC(N)=S. The van der Waals surface area contributed by atoms with Crippen molar-refractivity contribution in [1.29, 1.82) is 0 Å². The molecule has 0 saturated carbocycles. The Kier molecular flexibility index (Phi) is 3.29. The third-order valence-corrected chi connectivity index (χ3v) is 2.87. The quantitative estimate of drug-likeness (QED) is 0.861. The molecule has 2 aromatic rings. The second-order valence-corrected chi connectivity index (χ2v) is 6.19. The number of thiocarbonyl (C=S) groups is 1. The van der Waals surface area contributed by atoms with Crippen LogP contribution in [-0.2, 0) is 12.0 Å². The summed E-state index contributed by atoms with van der Waals surface area (Å²) in [5.74, 6) is 0.903. The zero-order chi connectivity index (χ0) is 13.5. The minimum atomic E-state index is -0.113. The van der Waals surface area contributed by atoms with Crippen molar-refractivity contribution >= 4 is 40.0 Å². The van der Waals surface area contributed by atoms with E-state index in [9.17, 15) is 0 Å². The number of rotatable bonds is 2. The van der Waals surface area contributed by atoms with Crippen LogP contribution in [0.5, 0.6) is 0 Å². The molecule has 2 N–H and O–H groups in total. The predicted molar refractivity (Wildman–Crippen MR) is 78.0 cm³/mol. The zero-order valence-corrected chi connectivity index (χ0v) is 12.1. The van der Waals surface area contributed by atoms with E-state index in [1.165, 1.54) is 0 Å². The number of pyridine rings is 1. The van der Waals surface area contributed by atoms with E-state index < -0.39 is 0 Å². The van der Waals surface area contributed by atoms with Crippen molar-refractivity contribution in [3.63, 3.8) is 0 Å². The van der Waals surface area contributed by atoms with E-state index in [-0.39, 0.29) is 5.41 Å². The summed E-state index contributed by atoms with van der Waals surface area (Å²) in [5.41, 5.74) is 7.06. The highest BCUT2D eigenvalue weighted by Crippen LogP contribution is 2.26. The van der Waals surface area contributed by atoms with Gasteiger partial charge in [-0.3, -0.25) is 0 Å². The average molecular weight is 283 g/mol. The van der Waals surface area contributed by atoms with Crippen LogP contribution >= 0.6 is 23.8 Å². The van der Waals surface area contributed by atoms with Gasteiger partial charge in [-0.15, -0.1) is 0 Å². The summed E-state index contributed by atoms with van der Waals surface area (Å²) in [6, 6.07) is 1.80. The first-order valence-corrected chi connectivity index (χ1v) is 6.38. The van der Waals surface area contributed by atoms with Gasteiger partial charge in [0.05, 0.1) is 16.6 Å². The van der Waals surface area contributed by atoms with Crippen molar-refractivity contribution in [2.24, 2.45) is 5.73 Å². The molecular formula is C12H15ClN4S. The average Bonchev–Trinajstić information content (AvgIpc) is 2.55. The fraction of sp³-hybridized carbons (Fsp3) is 0.417. The van der Waals surface area contributed by atoms with Gasteiger partial charge >= 0.3 is 0 Å². The van der Waals surface area contributed by atoms with Gasteiger partial charge in [0.25, 0.3) is 0 Å². The van der Waals surface area contributed by atoms with Crippen LogP contribution in [0.3, 0.4) is 0 Å². The van der Waals surface area contributed by atoms with E-state index in [1.54, 1.807) is 12.3 Å². The predicted octanol–water partition coefficient (Wildman–Crippen LogP) is 2.67. The van der Waals surface area contributed by atoms with Gasteiger partial charge < -0.3 is 10.3 Å². The Morgan fingerprint density at radius 2 is 2.17 bits per heavy atom. The maximum Gasteiger partial charge on any atom is 0.160 e. The number of hydrogen-bond donors (Lipinski definition) is 1. The zero-order valence-electron chi connectivity index (χ0n) is 10.6. The van der Waals surface area contributed by atoms with Crippen LogP contribution in [-0.4, -0.2) is 19.5 Å². The molecule has 0 saturated heterocycles. The summed E-state index contributed by atoms with van der Waals surface area (Å²) >= 11 is 10.9. The summed E-state index contributed by atoms with van der Waals surface area (Å²) in [5, 5.41) is 0.572.